The fourth-order valence-corrected chi connectivity index (χ4v) is 3.04. The molecule has 148 valence electrons. The standard InChI is InChI=1S/C19H27N3O5/c1-13(20-19(25)26)18(24)21-17-5-3-10-22(17)11-4-12-27-16-8-6-15(7-9-16)14(2)23/h6-9,13,17,20H,3-5,10-12H2,1-2H3,(H,21,24)(H,25,26)/t13-,17?/m0/s1. The SMILES string of the molecule is CC(=O)c1ccc(OCCCN2CCCC2NC(=O)[C@H](C)NC(=O)O)cc1. The number of ketones is 1. The van der Waals surface area contributed by atoms with Crippen molar-refractivity contribution in [1.82, 2.24) is 15.5 Å². The first-order valence-corrected chi connectivity index (χ1v) is 9.14. The van der Waals surface area contributed by atoms with E-state index in [1.807, 2.05) is 0 Å². The minimum absolute atomic E-state index is 0.0246. The molecule has 8 nitrogen and oxygen atoms in total. The van der Waals surface area contributed by atoms with E-state index in [-0.39, 0.29) is 17.9 Å². The number of nitrogens with zero attached hydrogens (tertiary/aromatic N) is 1. The van der Waals surface area contributed by atoms with Gasteiger partial charge in [-0.15, -0.1) is 0 Å². The number of ether oxygens (including phenoxy) is 1. The van der Waals surface area contributed by atoms with Gasteiger partial charge in [0, 0.05) is 18.7 Å². The molecule has 0 spiro atoms. The second-order valence-electron chi connectivity index (χ2n) is 6.66. The van der Waals surface area contributed by atoms with Gasteiger partial charge in [-0.05, 0) is 57.4 Å². The topological polar surface area (TPSA) is 108 Å². The molecule has 1 aliphatic rings. The first kappa shape index (κ1) is 20.7. The van der Waals surface area contributed by atoms with Crippen LogP contribution in [0.4, 0.5) is 4.79 Å². The molecule has 0 aromatic heterocycles. The summed E-state index contributed by atoms with van der Waals surface area (Å²) in [4.78, 5) is 36.1. The molecule has 1 fully saturated rings. The Hall–Kier alpha value is -2.61. The van der Waals surface area contributed by atoms with Crippen LogP contribution in [0.15, 0.2) is 24.3 Å². The van der Waals surface area contributed by atoms with Crippen molar-refractivity contribution in [2.75, 3.05) is 19.7 Å². The number of carbonyl (C=O) groups is 3. The Bertz CT molecular complexity index is 662. The highest BCUT2D eigenvalue weighted by molar-refractivity contribution is 5.94. The molecule has 8 heteroatoms. The molecule has 0 bridgehead atoms. The molecule has 0 aliphatic carbocycles. The molecule has 2 atom stereocenters. The molecule has 2 amide bonds. The van der Waals surface area contributed by atoms with Crippen molar-refractivity contribution in [1.29, 1.82) is 0 Å². The summed E-state index contributed by atoms with van der Waals surface area (Å²) in [5, 5.41) is 13.7. The van der Waals surface area contributed by atoms with Gasteiger partial charge in [-0.1, -0.05) is 0 Å². The maximum absolute atomic E-state index is 12.1. The Kier molecular flexibility index (Phi) is 7.60. The van der Waals surface area contributed by atoms with Gasteiger partial charge in [-0.25, -0.2) is 4.79 Å². The van der Waals surface area contributed by atoms with Gasteiger partial charge in [0.25, 0.3) is 0 Å². The lowest BCUT2D eigenvalue weighted by molar-refractivity contribution is -0.124. The van der Waals surface area contributed by atoms with E-state index in [0.29, 0.717) is 12.2 Å². The molecule has 1 aliphatic heterocycles. The zero-order valence-corrected chi connectivity index (χ0v) is 15.7. The Morgan fingerprint density at radius 1 is 1.30 bits per heavy atom. The van der Waals surface area contributed by atoms with Crippen molar-refractivity contribution in [3.05, 3.63) is 29.8 Å². The molecule has 27 heavy (non-hydrogen) atoms. The van der Waals surface area contributed by atoms with Crippen molar-refractivity contribution >= 4 is 17.8 Å². The number of nitrogens with one attached hydrogen (secondary N) is 2. The zero-order valence-electron chi connectivity index (χ0n) is 15.7. The number of rotatable bonds is 9. The van der Waals surface area contributed by atoms with Crippen LogP contribution < -0.4 is 15.4 Å². The lowest BCUT2D eigenvalue weighted by atomic mass is 10.1. The van der Waals surface area contributed by atoms with E-state index in [0.717, 1.165) is 38.1 Å². The Balaban J connectivity index is 1.72. The fourth-order valence-electron chi connectivity index (χ4n) is 3.04. The van der Waals surface area contributed by atoms with E-state index in [4.69, 9.17) is 9.84 Å². The summed E-state index contributed by atoms with van der Waals surface area (Å²) in [5.41, 5.74) is 0.657. The van der Waals surface area contributed by atoms with Gasteiger partial charge in [0.2, 0.25) is 5.91 Å². The summed E-state index contributed by atoms with van der Waals surface area (Å²) >= 11 is 0. The molecule has 1 saturated heterocycles. The van der Waals surface area contributed by atoms with Crippen molar-refractivity contribution in [2.45, 2.75) is 45.3 Å². The number of Topliss-reactive ketones (excluding diaryl/α,β-unsaturated/α-hetero) is 1. The Labute approximate surface area is 158 Å². The average Bonchev–Trinajstić information content (AvgIpc) is 3.05. The summed E-state index contributed by atoms with van der Waals surface area (Å²) in [5.74, 6) is 0.424. The van der Waals surface area contributed by atoms with Gasteiger partial charge in [0.15, 0.2) is 5.78 Å². The average molecular weight is 377 g/mol. The third kappa shape index (κ3) is 6.56. The van der Waals surface area contributed by atoms with E-state index in [2.05, 4.69) is 15.5 Å². The highest BCUT2D eigenvalue weighted by Crippen LogP contribution is 2.16. The molecule has 3 N–H and O–H groups in total. The Morgan fingerprint density at radius 2 is 2.00 bits per heavy atom. The molecule has 2 rings (SSSR count). The number of benzene rings is 1. The summed E-state index contributed by atoms with van der Waals surface area (Å²) in [6.07, 6.45) is 1.33. The molecule has 1 unspecified atom stereocenters. The van der Waals surface area contributed by atoms with Crippen LogP contribution in [0.1, 0.15) is 43.5 Å². The van der Waals surface area contributed by atoms with E-state index in [1.54, 1.807) is 24.3 Å². The van der Waals surface area contributed by atoms with Gasteiger partial charge >= 0.3 is 6.09 Å². The van der Waals surface area contributed by atoms with E-state index < -0.39 is 12.1 Å². The highest BCUT2D eigenvalue weighted by Gasteiger charge is 2.27. The van der Waals surface area contributed by atoms with Gasteiger partial charge < -0.3 is 20.5 Å². The van der Waals surface area contributed by atoms with Crippen LogP contribution in [0.3, 0.4) is 0 Å². The molecular formula is C19H27N3O5. The second kappa shape index (κ2) is 9.91. The molecule has 0 radical (unpaired) electrons. The molecule has 1 aromatic rings. The van der Waals surface area contributed by atoms with Gasteiger partial charge in [-0.3, -0.25) is 14.5 Å². The smallest absolute Gasteiger partial charge is 0.405 e. The number of likely N-dealkylation sites (tertiary alicyclic amines) is 1. The number of hydrogen-bond acceptors (Lipinski definition) is 5. The van der Waals surface area contributed by atoms with Crippen molar-refractivity contribution in [2.24, 2.45) is 0 Å². The maximum Gasteiger partial charge on any atom is 0.405 e. The van der Waals surface area contributed by atoms with Crippen LogP contribution in [-0.2, 0) is 4.79 Å². The van der Waals surface area contributed by atoms with Crippen LogP contribution in [0.2, 0.25) is 0 Å². The fraction of sp³-hybridized carbons (Fsp3) is 0.526. The molecular weight excluding hydrogens is 350 g/mol. The minimum atomic E-state index is -1.21. The predicted molar refractivity (Wildman–Crippen MR) is 99.9 cm³/mol. The summed E-state index contributed by atoms with van der Waals surface area (Å²) in [6, 6.07) is 6.27. The van der Waals surface area contributed by atoms with E-state index >= 15 is 0 Å². The second-order valence-corrected chi connectivity index (χ2v) is 6.66. The number of carbonyl (C=O) groups excluding carboxylic acids is 2. The highest BCUT2D eigenvalue weighted by atomic mass is 16.5. The summed E-state index contributed by atoms with van der Waals surface area (Å²) in [7, 11) is 0. The summed E-state index contributed by atoms with van der Waals surface area (Å²) < 4.78 is 5.70. The lowest BCUT2D eigenvalue weighted by Crippen LogP contribution is -2.51. The lowest BCUT2D eigenvalue weighted by Gasteiger charge is -2.26. The predicted octanol–water partition coefficient (Wildman–Crippen LogP) is 1.85. The number of carboxylic acid groups (broad SMARTS) is 1. The van der Waals surface area contributed by atoms with Crippen LogP contribution >= 0.6 is 0 Å². The largest absolute Gasteiger partial charge is 0.494 e. The Morgan fingerprint density at radius 3 is 2.63 bits per heavy atom. The number of hydrogen-bond donors (Lipinski definition) is 3. The van der Waals surface area contributed by atoms with Crippen LogP contribution in [-0.4, -0.2) is 59.7 Å². The molecule has 1 aromatic carbocycles. The van der Waals surface area contributed by atoms with Crippen molar-refractivity contribution < 1.29 is 24.2 Å². The van der Waals surface area contributed by atoms with E-state index in [9.17, 15) is 14.4 Å². The van der Waals surface area contributed by atoms with E-state index in [1.165, 1.54) is 13.8 Å². The van der Waals surface area contributed by atoms with Crippen molar-refractivity contribution in [3.63, 3.8) is 0 Å². The van der Waals surface area contributed by atoms with Gasteiger partial charge in [0.1, 0.15) is 11.8 Å². The monoisotopic (exact) mass is 377 g/mol. The zero-order chi connectivity index (χ0) is 19.8. The third-order valence-corrected chi connectivity index (χ3v) is 4.53. The first-order valence-electron chi connectivity index (χ1n) is 9.14. The molecule has 0 saturated carbocycles. The van der Waals surface area contributed by atoms with Crippen molar-refractivity contribution in [3.8, 4) is 5.75 Å². The van der Waals surface area contributed by atoms with Gasteiger partial charge in [0.05, 0.1) is 12.8 Å². The first-order chi connectivity index (χ1) is 12.9. The van der Waals surface area contributed by atoms with Crippen LogP contribution in [0.25, 0.3) is 0 Å². The summed E-state index contributed by atoms with van der Waals surface area (Å²) in [6.45, 7) is 5.25. The number of amides is 2. The minimum Gasteiger partial charge on any atom is -0.494 e. The molecule has 1 heterocycles. The van der Waals surface area contributed by atoms with Crippen LogP contribution in [0, 0.1) is 0 Å². The third-order valence-electron chi connectivity index (χ3n) is 4.53. The van der Waals surface area contributed by atoms with Crippen LogP contribution in [0.5, 0.6) is 5.75 Å². The quantitative estimate of drug-likeness (QED) is 0.448. The van der Waals surface area contributed by atoms with Gasteiger partial charge in [-0.2, -0.15) is 0 Å². The normalized spacial score (nSPS) is 17.9. The maximum atomic E-state index is 12.1.